The van der Waals surface area contributed by atoms with Crippen molar-refractivity contribution in [2.45, 2.75) is 18.4 Å². The average molecular weight is 430 g/mol. The van der Waals surface area contributed by atoms with Gasteiger partial charge in [-0.1, -0.05) is 37.3 Å². The van der Waals surface area contributed by atoms with E-state index in [-0.39, 0.29) is 23.7 Å². The number of hydrogen-bond acceptors (Lipinski definition) is 3. The molecule has 0 aliphatic heterocycles. The maximum atomic E-state index is 14.3. The van der Waals surface area contributed by atoms with E-state index in [1.165, 1.54) is 16.4 Å². The van der Waals surface area contributed by atoms with Crippen molar-refractivity contribution in [3.63, 3.8) is 0 Å². The van der Waals surface area contributed by atoms with E-state index in [4.69, 9.17) is 0 Å². The second-order valence-electron chi connectivity index (χ2n) is 6.52. The molecule has 3 rings (SSSR count). The summed E-state index contributed by atoms with van der Waals surface area (Å²) >= 11 is 0. The molecule has 8 heteroatoms. The van der Waals surface area contributed by atoms with E-state index in [1.54, 1.807) is 6.92 Å². The molecule has 0 radical (unpaired) electrons. The molecule has 30 heavy (non-hydrogen) atoms. The third kappa shape index (κ3) is 4.90. The van der Waals surface area contributed by atoms with Gasteiger partial charge >= 0.3 is 0 Å². The van der Waals surface area contributed by atoms with E-state index in [2.05, 4.69) is 5.32 Å². The number of halogens is 2. The summed E-state index contributed by atoms with van der Waals surface area (Å²) in [6.45, 7) is 2.05. The molecule has 0 heterocycles. The van der Waals surface area contributed by atoms with Crippen LogP contribution in [0.5, 0.6) is 0 Å². The van der Waals surface area contributed by atoms with Crippen molar-refractivity contribution in [3.05, 3.63) is 95.6 Å². The Balaban J connectivity index is 1.88. The quantitative estimate of drug-likeness (QED) is 0.603. The van der Waals surface area contributed by atoms with E-state index in [0.29, 0.717) is 0 Å². The van der Waals surface area contributed by atoms with E-state index in [9.17, 15) is 22.0 Å². The van der Waals surface area contributed by atoms with E-state index < -0.39 is 33.1 Å². The number of hydrogen-bond donors (Lipinski definition) is 1. The van der Waals surface area contributed by atoms with Crippen LogP contribution in [-0.4, -0.2) is 25.2 Å². The molecule has 156 valence electrons. The highest BCUT2D eigenvalue weighted by atomic mass is 32.2. The van der Waals surface area contributed by atoms with Crippen molar-refractivity contribution in [1.82, 2.24) is 4.31 Å². The van der Waals surface area contributed by atoms with Crippen molar-refractivity contribution in [1.29, 1.82) is 0 Å². The molecule has 0 saturated carbocycles. The van der Waals surface area contributed by atoms with Gasteiger partial charge in [-0.2, -0.15) is 4.31 Å². The normalized spacial score (nSPS) is 11.5. The van der Waals surface area contributed by atoms with Crippen LogP contribution in [0.4, 0.5) is 14.5 Å². The molecule has 3 aromatic rings. The van der Waals surface area contributed by atoms with Gasteiger partial charge in [0.15, 0.2) is 0 Å². The SMILES string of the molecule is CCN(Cc1ccccc1)S(=O)(=O)c1ccc(F)c(C(=O)Nc2ccc(F)cc2)c1. The number of nitrogens with one attached hydrogen (secondary N) is 1. The highest BCUT2D eigenvalue weighted by Crippen LogP contribution is 2.22. The van der Waals surface area contributed by atoms with Crippen molar-refractivity contribution < 1.29 is 22.0 Å². The van der Waals surface area contributed by atoms with Gasteiger partial charge in [-0.15, -0.1) is 0 Å². The van der Waals surface area contributed by atoms with Crippen LogP contribution in [0, 0.1) is 11.6 Å². The van der Waals surface area contributed by atoms with Crippen LogP contribution in [0.2, 0.25) is 0 Å². The van der Waals surface area contributed by atoms with E-state index in [0.717, 1.165) is 35.9 Å². The van der Waals surface area contributed by atoms with E-state index >= 15 is 0 Å². The number of benzene rings is 3. The van der Waals surface area contributed by atoms with Crippen molar-refractivity contribution in [3.8, 4) is 0 Å². The zero-order valence-electron chi connectivity index (χ0n) is 16.2. The molecule has 0 saturated heterocycles. The Hall–Kier alpha value is -3.10. The number of nitrogens with zero attached hydrogens (tertiary/aromatic N) is 1. The third-order valence-electron chi connectivity index (χ3n) is 4.48. The first-order chi connectivity index (χ1) is 14.3. The molecular weight excluding hydrogens is 410 g/mol. The van der Waals surface area contributed by atoms with Crippen LogP contribution in [-0.2, 0) is 16.6 Å². The molecule has 0 aromatic heterocycles. The lowest BCUT2D eigenvalue weighted by molar-refractivity contribution is 0.102. The highest BCUT2D eigenvalue weighted by Gasteiger charge is 2.25. The molecule has 3 aromatic carbocycles. The van der Waals surface area contributed by atoms with Crippen LogP contribution in [0.25, 0.3) is 0 Å². The van der Waals surface area contributed by atoms with Crippen LogP contribution < -0.4 is 5.32 Å². The fraction of sp³-hybridized carbons (Fsp3) is 0.136. The first-order valence-electron chi connectivity index (χ1n) is 9.22. The monoisotopic (exact) mass is 430 g/mol. The lowest BCUT2D eigenvalue weighted by Crippen LogP contribution is -2.30. The first-order valence-corrected chi connectivity index (χ1v) is 10.7. The van der Waals surface area contributed by atoms with Gasteiger partial charge in [0.25, 0.3) is 5.91 Å². The average Bonchev–Trinajstić information content (AvgIpc) is 2.74. The molecule has 1 amide bonds. The molecule has 1 N–H and O–H groups in total. The van der Waals surface area contributed by atoms with Crippen molar-refractivity contribution in [2.24, 2.45) is 0 Å². The van der Waals surface area contributed by atoms with Gasteiger partial charge in [-0.25, -0.2) is 17.2 Å². The smallest absolute Gasteiger partial charge is 0.258 e. The van der Waals surface area contributed by atoms with Gasteiger partial charge in [0.1, 0.15) is 11.6 Å². The molecule has 5 nitrogen and oxygen atoms in total. The summed E-state index contributed by atoms with van der Waals surface area (Å²) in [6.07, 6.45) is 0. The Morgan fingerprint density at radius 2 is 1.63 bits per heavy atom. The zero-order valence-corrected chi connectivity index (χ0v) is 17.0. The lowest BCUT2D eigenvalue weighted by Gasteiger charge is -2.21. The third-order valence-corrected chi connectivity index (χ3v) is 6.39. The van der Waals surface area contributed by atoms with Gasteiger partial charge in [0.05, 0.1) is 10.5 Å². The topological polar surface area (TPSA) is 66.5 Å². The number of carbonyl (C=O) groups is 1. The van der Waals surface area contributed by atoms with Gasteiger partial charge in [-0.05, 0) is 48.0 Å². The second-order valence-corrected chi connectivity index (χ2v) is 8.46. The van der Waals surface area contributed by atoms with Crippen molar-refractivity contribution in [2.75, 3.05) is 11.9 Å². The minimum Gasteiger partial charge on any atom is -0.322 e. The molecule has 0 aliphatic carbocycles. The molecule has 0 atom stereocenters. The predicted molar refractivity (Wildman–Crippen MR) is 110 cm³/mol. The maximum Gasteiger partial charge on any atom is 0.258 e. The summed E-state index contributed by atoms with van der Waals surface area (Å²) < 4.78 is 54.7. The Kier molecular flexibility index (Phi) is 6.59. The second kappa shape index (κ2) is 9.15. The number of rotatable bonds is 7. The van der Waals surface area contributed by atoms with Crippen LogP contribution in [0.1, 0.15) is 22.8 Å². The zero-order chi connectivity index (χ0) is 21.7. The standard InChI is InChI=1S/C22H20F2N2O3S/c1-2-26(15-16-6-4-3-5-7-16)30(28,29)19-12-13-21(24)20(14-19)22(27)25-18-10-8-17(23)9-11-18/h3-14H,2,15H2,1H3,(H,25,27). The number of carbonyl (C=O) groups excluding carboxylic acids is 1. The highest BCUT2D eigenvalue weighted by molar-refractivity contribution is 7.89. The van der Waals surface area contributed by atoms with Gasteiger partial charge < -0.3 is 5.32 Å². The molecular formula is C22H20F2N2O3S. The molecule has 0 bridgehead atoms. The number of anilines is 1. The summed E-state index contributed by atoms with van der Waals surface area (Å²) in [5.74, 6) is -2.17. The summed E-state index contributed by atoms with van der Waals surface area (Å²) in [5, 5.41) is 2.43. The van der Waals surface area contributed by atoms with Crippen LogP contribution in [0.3, 0.4) is 0 Å². The summed E-state index contributed by atoms with van der Waals surface area (Å²) in [5.41, 5.74) is 0.642. The number of amides is 1. The summed E-state index contributed by atoms with van der Waals surface area (Å²) in [4.78, 5) is 12.3. The maximum absolute atomic E-state index is 14.3. The largest absolute Gasteiger partial charge is 0.322 e. The van der Waals surface area contributed by atoms with Gasteiger partial charge in [0, 0.05) is 18.8 Å². The molecule has 0 fully saturated rings. The molecule has 0 unspecified atom stereocenters. The van der Waals surface area contributed by atoms with E-state index in [1.807, 2.05) is 30.3 Å². The first kappa shape index (κ1) is 21.6. The summed E-state index contributed by atoms with van der Waals surface area (Å²) in [6, 6.07) is 17.1. The predicted octanol–water partition coefficient (Wildman–Crippen LogP) is 4.43. The fourth-order valence-corrected chi connectivity index (χ4v) is 4.34. The molecule has 0 spiro atoms. The molecule has 0 aliphatic rings. The fourth-order valence-electron chi connectivity index (χ4n) is 2.87. The van der Waals surface area contributed by atoms with Crippen molar-refractivity contribution >= 4 is 21.6 Å². The Morgan fingerprint density at radius 1 is 0.967 bits per heavy atom. The van der Waals surface area contributed by atoms with Crippen LogP contribution >= 0.6 is 0 Å². The Morgan fingerprint density at radius 3 is 2.27 bits per heavy atom. The number of sulfonamides is 1. The summed E-state index contributed by atoms with van der Waals surface area (Å²) in [7, 11) is -3.96. The Labute approximate surface area is 174 Å². The minimum absolute atomic E-state index is 0.147. The Bertz CT molecular complexity index is 1130. The van der Waals surface area contributed by atoms with Gasteiger partial charge in [-0.3, -0.25) is 4.79 Å². The lowest BCUT2D eigenvalue weighted by atomic mass is 10.2. The van der Waals surface area contributed by atoms with Gasteiger partial charge in [0.2, 0.25) is 10.0 Å². The minimum atomic E-state index is -3.96. The van der Waals surface area contributed by atoms with Crippen LogP contribution in [0.15, 0.2) is 77.7 Å².